The molecule has 3 aromatic rings. The van der Waals surface area contributed by atoms with Crippen molar-refractivity contribution in [1.82, 2.24) is 9.80 Å². The van der Waals surface area contributed by atoms with E-state index < -0.39 is 6.10 Å². The number of carbonyl (C=O) groups is 1. The largest absolute Gasteiger partial charge is 0.497 e. The van der Waals surface area contributed by atoms with Crippen molar-refractivity contribution in [3.8, 4) is 5.75 Å². The van der Waals surface area contributed by atoms with Gasteiger partial charge in [-0.2, -0.15) is 0 Å². The molecule has 3 aromatic carbocycles. The van der Waals surface area contributed by atoms with Crippen molar-refractivity contribution in [1.29, 1.82) is 0 Å². The van der Waals surface area contributed by atoms with Crippen LogP contribution in [0.1, 0.15) is 49.0 Å². The Kier molecular flexibility index (Phi) is 8.11. The Bertz CT molecular complexity index is 1320. The fraction of sp³-hybridized carbons (Fsp3) is 0.441. The zero-order chi connectivity index (χ0) is 27.6. The number of aliphatic hydroxyl groups excluding tert-OH is 1. The van der Waals surface area contributed by atoms with E-state index in [-0.39, 0.29) is 23.3 Å². The topological polar surface area (TPSA) is 53.0 Å². The lowest BCUT2D eigenvalue weighted by molar-refractivity contribution is -0.0630. The number of aliphatic hydroxyl groups is 1. The van der Waals surface area contributed by atoms with E-state index >= 15 is 0 Å². The Balaban J connectivity index is 1.53. The molecule has 1 aliphatic carbocycles. The second-order valence-electron chi connectivity index (χ2n) is 11.9. The number of hydrogen-bond donors (Lipinski definition) is 1. The van der Waals surface area contributed by atoms with Gasteiger partial charge in [-0.05, 0) is 72.3 Å². The maximum Gasteiger partial charge on any atom is 0.254 e. The SMILES string of the molecule is C=CCN1CC[C@@]2(c3cccc(OC)c3)C[C@H](N(CC(C)C)C(=O)c3ccc4ccccc4c3)CC(O)[C@@H]2C1. The fourth-order valence-electron chi connectivity index (χ4n) is 7.05. The summed E-state index contributed by atoms with van der Waals surface area (Å²) in [5.74, 6) is 1.27. The molecule has 2 aliphatic rings. The summed E-state index contributed by atoms with van der Waals surface area (Å²) in [5.41, 5.74) is 1.67. The summed E-state index contributed by atoms with van der Waals surface area (Å²) in [6.45, 7) is 11.5. The second kappa shape index (κ2) is 11.5. The van der Waals surface area contributed by atoms with E-state index in [4.69, 9.17) is 4.74 Å². The van der Waals surface area contributed by atoms with Crippen LogP contribution in [-0.2, 0) is 5.41 Å². The van der Waals surface area contributed by atoms with E-state index in [1.54, 1.807) is 7.11 Å². The van der Waals surface area contributed by atoms with Crippen LogP contribution in [0.3, 0.4) is 0 Å². The van der Waals surface area contributed by atoms with E-state index in [9.17, 15) is 9.90 Å². The van der Waals surface area contributed by atoms with Crippen molar-refractivity contribution in [3.05, 3.63) is 90.5 Å². The third-order valence-electron chi connectivity index (χ3n) is 8.91. The van der Waals surface area contributed by atoms with Gasteiger partial charge in [-0.1, -0.05) is 62.4 Å². The molecule has 1 unspecified atom stereocenters. The quantitative estimate of drug-likeness (QED) is 0.371. The highest BCUT2D eigenvalue weighted by molar-refractivity contribution is 5.98. The molecule has 5 rings (SSSR count). The summed E-state index contributed by atoms with van der Waals surface area (Å²) in [5, 5.41) is 14.0. The monoisotopic (exact) mass is 526 g/mol. The summed E-state index contributed by atoms with van der Waals surface area (Å²) >= 11 is 0. The van der Waals surface area contributed by atoms with Gasteiger partial charge in [0.25, 0.3) is 5.91 Å². The minimum atomic E-state index is -0.512. The molecule has 0 radical (unpaired) electrons. The Morgan fingerprint density at radius 1 is 1.15 bits per heavy atom. The van der Waals surface area contributed by atoms with E-state index in [1.165, 1.54) is 5.56 Å². The maximum atomic E-state index is 14.2. The van der Waals surface area contributed by atoms with Crippen molar-refractivity contribution in [2.45, 2.75) is 50.7 Å². The molecule has 0 aromatic heterocycles. The first kappa shape index (κ1) is 27.4. The molecule has 4 atom stereocenters. The molecule has 0 spiro atoms. The molecule has 206 valence electrons. The van der Waals surface area contributed by atoms with Gasteiger partial charge in [0.2, 0.25) is 0 Å². The van der Waals surface area contributed by atoms with E-state index in [2.05, 4.69) is 60.6 Å². The number of ether oxygens (including phenoxy) is 1. The van der Waals surface area contributed by atoms with Crippen molar-refractivity contribution in [2.75, 3.05) is 33.3 Å². The Labute approximate surface area is 233 Å². The molecular formula is C34H42N2O3. The second-order valence-corrected chi connectivity index (χ2v) is 11.9. The average molecular weight is 527 g/mol. The van der Waals surface area contributed by atoms with Crippen molar-refractivity contribution in [2.24, 2.45) is 11.8 Å². The standard InChI is InChI=1S/C34H42N2O3/c1-5-16-35-17-15-34(28-11-8-12-30(19-28)39-4)21-29(20-32(37)31(34)23-35)36(22-24(2)3)33(38)27-14-13-25-9-6-7-10-26(25)18-27/h5-14,18-19,24,29,31-32,37H,1,15-17,20-23H2,2-4H3/t29-,31+,32?,34+/m1/s1. The van der Waals surface area contributed by atoms with Crippen LogP contribution in [-0.4, -0.2) is 66.2 Å². The minimum Gasteiger partial charge on any atom is -0.497 e. The van der Waals surface area contributed by atoms with E-state index in [0.717, 1.165) is 49.0 Å². The molecule has 1 saturated carbocycles. The summed E-state index contributed by atoms with van der Waals surface area (Å²) < 4.78 is 5.62. The van der Waals surface area contributed by atoms with Gasteiger partial charge in [0.15, 0.2) is 0 Å². The summed E-state index contributed by atoms with van der Waals surface area (Å²) in [7, 11) is 1.70. The highest BCUT2D eigenvalue weighted by atomic mass is 16.5. The van der Waals surface area contributed by atoms with Gasteiger partial charge >= 0.3 is 0 Å². The van der Waals surface area contributed by atoms with Gasteiger partial charge in [-0.25, -0.2) is 0 Å². The summed E-state index contributed by atoms with van der Waals surface area (Å²) in [4.78, 5) is 18.6. The Morgan fingerprint density at radius 2 is 1.95 bits per heavy atom. The molecule has 1 saturated heterocycles. The summed E-state index contributed by atoms with van der Waals surface area (Å²) in [6, 6.07) is 22.5. The normalized spacial score (nSPS) is 25.3. The first-order chi connectivity index (χ1) is 18.8. The zero-order valence-electron chi connectivity index (χ0n) is 23.6. The van der Waals surface area contributed by atoms with E-state index in [0.29, 0.717) is 24.4 Å². The maximum absolute atomic E-state index is 14.2. The van der Waals surface area contributed by atoms with Crippen LogP contribution >= 0.6 is 0 Å². The van der Waals surface area contributed by atoms with Gasteiger partial charge in [-0.15, -0.1) is 6.58 Å². The predicted molar refractivity (Wildman–Crippen MR) is 158 cm³/mol. The number of benzene rings is 3. The number of hydrogen-bond acceptors (Lipinski definition) is 4. The third-order valence-corrected chi connectivity index (χ3v) is 8.91. The molecule has 1 amide bonds. The first-order valence-electron chi connectivity index (χ1n) is 14.3. The molecule has 0 bridgehead atoms. The number of carbonyl (C=O) groups excluding carboxylic acids is 1. The first-order valence-corrected chi connectivity index (χ1v) is 14.3. The van der Waals surface area contributed by atoms with Crippen LogP contribution in [0.5, 0.6) is 5.75 Å². The molecule has 2 fully saturated rings. The molecule has 5 heteroatoms. The highest BCUT2D eigenvalue weighted by Gasteiger charge is 2.53. The molecular weight excluding hydrogens is 484 g/mol. The number of piperidine rings is 1. The van der Waals surface area contributed by atoms with Crippen LogP contribution in [0.4, 0.5) is 0 Å². The van der Waals surface area contributed by atoms with Crippen molar-refractivity contribution >= 4 is 16.7 Å². The minimum absolute atomic E-state index is 0.0509. The van der Waals surface area contributed by atoms with Gasteiger partial charge in [-0.3, -0.25) is 9.69 Å². The molecule has 5 nitrogen and oxygen atoms in total. The van der Waals surface area contributed by atoms with Crippen LogP contribution in [0.15, 0.2) is 79.4 Å². The predicted octanol–water partition coefficient (Wildman–Crippen LogP) is 5.92. The zero-order valence-corrected chi connectivity index (χ0v) is 23.6. The third kappa shape index (κ3) is 5.48. The van der Waals surface area contributed by atoms with Gasteiger partial charge in [0.1, 0.15) is 5.75 Å². The molecule has 1 aliphatic heterocycles. The number of likely N-dealkylation sites (tertiary alicyclic amines) is 1. The molecule has 1 N–H and O–H groups in total. The fourth-order valence-corrected chi connectivity index (χ4v) is 7.05. The van der Waals surface area contributed by atoms with Crippen molar-refractivity contribution < 1.29 is 14.6 Å². The molecule has 1 heterocycles. The van der Waals surface area contributed by atoms with E-state index in [1.807, 2.05) is 42.5 Å². The van der Waals surface area contributed by atoms with Gasteiger partial charge in [0, 0.05) is 42.6 Å². The van der Waals surface area contributed by atoms with Gasteiger partial charge in [0.05, 0.1) is 13.2 Å². The Morgan fingerprint density at radius 3 is 2.69 bits per heavy atom. The van der Waals surface area contributed by atoms with Crippen LogP contribution in [0, 0.1) is 11.8 Å². The summed E-state index contributed by atoms with van der Waals surface area (Å²) in [6.07, 6.45) is 3.77. The number of amides is 1. The molecule has 39 heavy (non-hydrogen) atoms. The Hall–Kier alpha value is -3.15. The average Bonchev–Trinajstić information content (AvgIpc) is 2.95. The van der Waals surface area contributed by atoms with Crippen LogP contribution in [0.25, 0.3) is 10.8 Å². The number of methoxy groups -OCH3 is 1. The number of nitrogens with zero attached hydrogens (tertiary/aromatic N) is 2. The van der Waals surface area contributed by atoms with Crippen LogP contribution < -0.4 is 4.74 Å². The smallest absolute Gasteiger partial charge is 0.254 e. The number of fused-ring (bicyclic) bond motifs is 2. The highest BCUT2D eigenvalue weighted by Crippen LogP contribution is 2.51. The van der Waals surface area contributed by atoms with Gasteiger partial charge < -0.3 is 14.7 Å². The lowest BCUT2D eigenvalue weighted by Crippen LogP contribution is -2.61. The van der Waals surface area contributed by atoms with Crippen molar-refractivity contribution in [3.63, 3.8) is 0 Å². The lowest BCUT2D eigenvalue weighted by Gasteiger charge is -2.56. The number of rotatable bonds is 8. The lowest BCUT2D eigenvalue weighted by atomic mass is 9.56. The van der Waals surface area contributed by atoms with Crippen LogP contribution in [0.2, 0.25) is 0 Å².